The minimum Gasteiger partial charge on any atom is -0.493 e. The molecule has 6 heteroatoms. The number of nitrogens with zero attached hydrogens (tertiary/aromatic N) is 1. The molecule has 1 heterocycles. The Balaban J connectivity index is 0.00000210. The monoisotopic (exact) mass is 440 g/mol. The van der Waals surface area contributed by atoms with E-state index in [4.69, 9.17) is 9.47 Å². The van der Waals surface area contributed by atoms with E-state index >= 15 is 0 Å². The topological polar surface area (TPSA) is 33.7 Å². The summed E-state index contributed by atoms with van der Waals surface area (Å²) in [5, 5.41) is 3.46. The van der Waals surface area contributed by atoms with Gasteiger partial charge >= 0.3 is 0 Å². The summed E-state index contributed by atoms with van der Waals surface area (Å²) in [5.41, 5.74) is 2.47. The number of benzene rings is 2. The van der Waals surface area contributed by atoms with Crippen molar-refractivity contribution in [2.75, 3.05) is 33.3 Å². The van der Waals surface area contributed by atoms with Gasteiger partial charge in [-0.1, -0.05) is 56.7 Å². The number of methoxy groups -OCH3 is 1. The summed E-state index contributed by atoms with van der Waals surface area (Å²) in [4.78, 5) is 2.60. The van der Waals surface area contributed by atoms with E-state index < -0.39 is 0 Å². The van der Waals surface area contributed by atoms with Gasteiger partial charge in [0.2, 0.25) is 0 Å². The van der Waals surface area contributed by atoms with Gasteiger partial charge in [-0.3, -0.25) is 4.90 Å². The van der Waals surface area contributed by atoms with Crippen LogP contribution in [0.5, 0.6) is 11.5 Å². The molecule has 0 saturated carbocycles. The molecule has 2 aromatic carbocycles. The van der Waals surface area contributed by atoms with Crippen LogP contribution in [0, 0.1) is 5.92 Å². The van der Waals surface area contributed by atoms with Gasteiger partial charge in [0.15, 0.2) is 11.5 Å². The third kappa shape index (κ3) is 6.78. The Morgan fingerprint density at radius 1 is 1.00 bits per heavy atom. The first kappa shape index (κ1) is 25.6. The Morgan fingerprint density at radius 2 is 1.69 bits per heavy atom. The van der Waals surface area contributed by atoms with Crippen LogP contribution in [-0.2, 0) is 6.61 Å². The zero-order chi connectivity index (χ0) is 19.1. The largest absolute Gasteiger partial charge is 0.493 e. The summed E-state index contributed by atoms with van der Waals surface area (Å²) in [6, 6.07) is 17.1. The van der Waals surface area contributed by atoms with Gasteiger partial charge in [-0.25, -0.2) is 0 Å². The molecule has 29 heavy (non-hydrogen) atoms. The Morgan fingerprint density at radius 3 is 2.31 bits per heavy atom. The fraction of sp³-hybridized carbons (Fsp3) is 0.478. The van der Waals surface area contributed by atoms with Gasteiger partial charge in [0.1, 0.15) is 6.61 Å². The van der Waals surface area contributed by atoms with E-state index in [0.29, 0.717) is 18.6 Å². The minimum atomic E-state index is 0. The van der Waals surface area contributed by atoms with Crippen molar-refractivity contribution in [2.45, 2.75) is 32.9 Å². The van der Waals surface area contributed by atoms with Crippen LogP contribution >= 0.6 is 24.8 Å². The van der Waals surface area contributed by atoms with Crippen LogP contribution in [-0.4, -0.2) is 38.2 Å². The Bertz CT molecular complexity index is 709. The average molecular weight is 441 g/mol. The zero-order valence-electron chi connectivity index (χ0n) is 17.6. The van der Waals surface area contributed by atoms with E-state index in [9.17, 15) is 0 Å². The minimum absolute atomic E-state index is 0. The average Bonchev–Trinajstić information content (AvgIpc) is 2.74. The number of hydrogen-bond donors (Lipinski definition) is 1. The van der Waals surface area contributed by atoms with E-state index in [2.05, 4.69) is 54.4 Å². The Hall–Kier alpha value is -1.46. The standard InChI is InChI=1S/C23H32N2O2.2ClH/c1-4-18(2)23(25-14-12-24-13-15-25)20-10-11-21(22(16-20)26-3)27-17-19-8-6-5-7-9-19;;/h5-11,16,18,23-24H,4,12-15,17H2,1-3H3;2*1H/t18?,23-;;/m1../s1. The van der Waals surface area contributed by atoms with E-state index in [1.54, 1.807) is 7.11 Å². The van der Waals surface area contributed by atoms with Gasteiger partial charge in [-0.05, 0) is 29.2 Å². The van der Waals surface area contributed by atoms with Gasteiger partial charge in [0.05, 0.1) is 7.11 Å². The first-order valence-electron chi connectivity index (χ1n) is 10.0. The van der Waals surface area contributed by atoms with Crippen LogP contribution < -0.4 is 14.8 Å². The molecule has 1 aliphatic heterocycles. The zero-order valence-corrected chi connectivity index (χ0v) is 19.2. The lowest BCUT2D eigenvalue weighted by molar-refractivity contribution is 0.128. The van der Waals surface area contributed by atoms with E-state index in [1.807, 2.05) is 18.2 Å². The molecule has 4 nitrogen and oxygen atoms in total. The number of halogens is 2. The maximum Gasteiger partial charge on any atom is 0.161 e. The van der Waals surface area contributed by atoms with Crippen LogP contribution in [0.4, 0.5) is 0 Å². The molecule has 0 spiro atoms. The second kappa shape index (κ2) is 13.0. The maximum absolute atomic E-state index is 6.03. The lowest BCUT2D eigenvalue weighted by Crippen LogP contribution is -2.46. The molecule has 0 aromatic heterocycles. The molecule has 0 aliphatic carbocycles. The molecule has 1 unspecified atom stereocenters. The van der Waals surface area contributed by atoms with Gasteiger partial charge < -0.3 is 14.8 Å². The second-order valence-electron chi connectivity index (χ2n) is 7.30. The molecule has 1 saturated heterocycles. The third-order valence-corrected chi connectivity index (χ3v) is 5.49. The lowest BCUT2D eigenvalue weighted by Gasteiger charge is -2.38. The first-order chi connectivity index (χ1) is 13.2. The lowest BCUT2D eigenvalue weighted by atomic mass is 9.90. The molecular weight excluding hydrogens is 407 g/mol. The number of piperazine rings is 1. The molecule has 3 rings (SSSR count). The summed E-state index contributed by atoms with van der Waals surface area (Å²) in [6.45, 7) is 9.45. The number of hydrogen-bond acceptors (Lipinski definition) is 4. The van der Waals surface area contributed by atoms with Crippen molar-refractivity contribution in [1.29, 1.82) is 0 Å². The second-order valence-corrected chi connectivity index (χ2v) is 7.30. The highest BCUT2D eigenvalue weighted by Gasteiger charge is 2.27. The van der Waals surface area contributed by atoms with Crippen molar-refractivity contribution in [3.05, 3.63) is 59.7 Å². The fourth-order valence-corrected chi connectivity index (χ4v) is 3.81. The fourth-order valence-electron chi connectivity index (χ4n) is 3.81. The summed E-state index contributed by atoms with van der Waals surface area (Å²) in [7, 11) is 1.72. The SMILES string of the molecule is CCC(C)[C@H](c1ccc(OCc2ccccc2)c(OC)c1)N1CCNCC1.Cl.Cl. The van der Waals surface area contributed by atoms with Crippen molar-refractivity contribution in [3.63, 3.8) is 0 Å². The number of ether oxygens (including phenoxy) is 2. The molecule has 2 atom stereocenters. The summed E-state index contributed by atoms with van der Waals surface area (Å²) < 4.78 is 11.7. The van der Waals surface area contributed by atoms with E-state index in [0.717, 1.165) is 49.7 Å². The molecule has 1 aliphatic rings. The van der Waals surface area contributed by atoms with Crippen molar-refractivity contribution in [1.82, 2.24) is 10.2 Å². The van der Waals surface area contributed by atoms with Crippen LogP contribution in [0.25, 0.3) is 0 Å². The van der Waals surface area contributed by atoms with Gasteiger partial charge in [0, 0.05) is 32.2 Å². The number of nitrogens with one attached hydrogen (secondary N) is 1. The van der Waals surface area contributed by atoms with Crippen molar-refractivity contribution >= 4 is 24.8 Å². The number of rotatable bonds is 8. The van der Waals surface area contributed by atoms with E-state index in [-0.39, 0.29) is 24.8 Å². The van der Waals surface area contributed by atoms with Gasteiger partial charge in [-0.2, -0.15) is 0 Å². The Labute approximate surface area is 187 Å². The van der Waals surface area contributed by atoms with Gasteiger partial charge in [0.25, 0.3) is 0 Å². The van der Waals surface area contributed by atoms with Crippen LogP contribution in [0.2, 0.25) is 0 Å². The van der Waals surface area contributed by atoms with Crippen molar-refractivity contribution in [2.24, 2.45) is 5.92 Å². The molecular formula is C23H34Cl2N2O2. The third-order valence-electron chi connectivity index (χ3n) is 5.49. The van der Waals surface area contributed by atoms with Crippen molar-refractivity contribution < 1.29 is 9.47 Å². The molecule has 0 amide bonds. The molecule has 1 fully saturated rings. The predicted molar refractivity (Wildman–Crippen MR) is 125 cm³/mol. The highest BCUT2D eigenvalue weighted by Crippen LogP contribution is 2.36. The normalized spacial score (nSPS) is 16.1. The molecule has 2 aromatic rings. The Kier molecular flexibility index (Phi) is 11.4. The highest BCUT2D eigenvalue weighted by atomic mass is 35.5. The summed E-state index contributed by atoms with van der Waals surface area (Å²) in [6.07, 6.45) is 1.16. The maximum atomic E-state index is 6.03. The van der Waals surface area contributed by atoms with Crippen LogP contribution in [0.1, 0.15) is 37.4 Å². The van der Waals surface area contributed by atoms with Crippen LogP contribution in [0.15, 0.2) is 48.5 Å². The molecule has 0 radical (unpaired) electrons. The van der Waals surface area contributed by atoms with E-state index in [1.165, 1.54) is 5.56 Å². The van der Waals surface area contributed by atoms with Crippen LogP contribution in [0.3, 0.4) is 0 Å². The van der Waals surface area contributed by atoms with Crippen molar-refractivity contribution in [3.8, 4) is 11.5 Å². The molecule has 162 valence electrons. The quantitative estimate of drug-likeness (QED) is 0.617. The molecule has 0 bridgehead atoms. The predicted octanol–water partition coefficient (Wildman–Crippen LogP) is 5.11. The summed E-state index contributed by atoms with van der Waals surface area (Å²) in [5.74, 6) is 2.20. The summed E-state index contributed by atoms with van der Waals surface area (Å²) >= 11 is 0. The highest BCUT2D eigenvalue weighted by molar-refractivity contribution is 5.85. The van der Waals surface area contributed by atoms with Gasteiger partial charge in [-0.15, -0.1) is 24.8 Å². The molecule has 1 N–H and O–H groups in total. The smallest absolute Gasteiger partial charge is 0.161 e. The first-order valence-corrected chi connectivity index (χ1v) is 10.0.